The highest BCUT2D eigenvalue weighted by molar-refractivity contribution is 5.69. The fourth-order valence-corrected chi connectivity index (χ4v) is 1.68. The second kappa shape index (κ2) is 14.0. The summed E-state index contributed by atoms with van der Waals surface area (Å²) in [5.41, 5.74) is 0. The van der Waals surface area contributed by atoms with Gasteiger partial charge in [-0.15, -0.1) is 0 Å². The summed E-state index contributed by atoms with van der Waals surface area (Å²) in [5, 5.41) is 0. The van der Waals surface area contributed by atoms with E-state index in [0.717, 1.165) is 12.8 Å². The van der Waals surface area contributed by atoms with Crippen molar-refractivity contribution in [2.75, 3.05) is 6.61 Å². The van der Waals surface area contributed by atoms with E-state index >= 15 is 0 Å². The van der Waals surface area contributed by atoms with Crippen molar-refractivity contribution in [1.29, 1.82) is 0 Å². The van der Waals surface area contributed by atoms with E-state index in [9.17, 15) is 4.79 Å². The third-order valence-corrected chi connectivity index (χ3v) is 2.76. The van der Waals surface area contributed by atoms with E-state index in [0.29, 0.717) is 13.0 Å². The van der Waals surface area contributed by atoms with Crippen LogP contribution in [0.25, 0.3) is 0 Å². The lowest BCUT2D eigenvalue weighted by atomic mass is 10.1. The Labute approximate surface area is 112 Å². The minimum atomic E-state index is -0.0753. The molecule has 0 aromatic carbocycles. The SMILES string of the molecule is C/C=C\C=C\COC(=O)CCCCCCCCC. The topological polar surface area (TPSA) is 26.3 Å². The maximum Gasteiger partial charge on any atom is 0.306 e. The fraction of sp³-hybridized carbons (Fsp3) is 0.688. The average Bonchev–Trinajstić information content (AvgIpc) is 2.37. The van der Waals surface area contributed by atoms with E-state index in [2.05, 4.69) is 6.92 Å². The van der Waals surface area contributed by atoms with Crippen molar-refractivity contribution in [2.45, 2.75) is 65.2 Å². The summed E-state index contributed by atoms with van der Waals surface area (Å²) in [5.74, 6) is -0.0753. The van der Waals surface area contributed by atoms with Crippen LogP contribution in [0.2, 0.25) is 0 Å². The molecule has 0 saturated carbocycles. The lowest BCUT2D eigenvalue weighted by molar-refractivity contribution is -0.142. The molecule has 18 heavy (non-hydrogen) atoms. The van der Waals surface area contributed by atoms with Crippen molar-refractivity contribution in [2.24, 2.45) is 0 Å². The Hall–Kier alpha value is -1.05. The second-order valence-electron chi connectivity index (χ2n) is 4.51. The van der Waals surface area contributed by atoms with Gasteiger partial charge in [-0.05, 0) is 19.4 Å². The smallest absolute Gasteiger partial charge is 0.306 e. The van der Waals surface area contributed by atoms with Crippen molar-refractivity contribution in [1.82, 2.24) is 0 Å². The molecule has 0 aromatic rings. The van der Waals surface area contributed by atoms with Gasteiger partial charge in [0.25, 0.3) is 0 Å². The Kier molecular flexibility index (Phi) is 13.2. The Morgan fingerprint density at radius 1 is 1.00 bits per heavy atom. The van der Waals surface area contributed by atoms with E-state index in [1.165, 1.54) is 32.1 Å². The number of unbranched alkanes of at least 4 members (excludes halogenated alkanes) is 6. The van der Waals surface area contributed by atoms with Crippen LogP contribution in [0.4, 0.5) is 0 Å². The molecule has 0 rings (SSSR count). The summed E-state index contributed by atoms with van der Waals surface area (Å²) in [4.78, 5) is 11.3. The van der Waals surface area contributed by atoms with Crippen LogP contribution in [-0.4, -0.2) is 12.6 Å². The van der Waals surface area contributed by atoms with E-state index in [1.54, 1.807) is 0 Å². The molecule has 0 N–H and O–H groups in total. The third kappa shape index (κ3) is 13.0. The van der Waals surface area contributed by atoms with Gasteiger partial charge >= 0.3 is 5.97 Å². The van der Waals surface area contributed by atoms with Crippen LogP contribution in [0.1, 0.15) is 65.2 Å². The molecule has 0 aromatic heterocycles. The lowest BCUT2D eigenvalue weighted by Gasteiger charge is -2.02. The van der Waals surface area contributed by atoms with Crippen molar-refractivity contribution in [3.05, 3.63) is 24.3 Å². The number of esters is 1. The maximum atomic E-state index is 11.3. The maximum absolute atomic E-state index is 11.3. The summed E-state index contributed by atoms with van der Waals surface area (Å²) < 4.78 is 5.07. The Balaban J connectivity index is 3.26. The molecule has 104 valence electrons. The molecule has 0 atom stereocenters. The molecule has 0 aliphatic carbocycles. The zero-order valence-electron chi connectivity index (χ0n) is 12.0. The highest BCUT2D eigenvalue weighted by Gasteiger charge is 2.00. The molecule has 0 radical (unpaired) electrons. The number of ether oxygens (including phenoxy) is 1. The van der Waals surface area contributed by atoms with E-state index in [1.807, 2.05) is 31.2 Å². The number of allylic oxidation sites excluding steroid dienone is 3. The second-order valence-corrected chi connectivity index (χ2v) is 4.51. The van der Waals surface area contributed by atoms with Gasteiger partial charge in [0.05, 0.1) is 0 Å². The van der Waals surface area contributed by atoms with Gasteiger partial charge in [0, 0.05) is 6.42 Å². The molecule has 0 aliphatic heterocycles. The summed E-state index contributed by atoms with van der Waals surface area (Å²) in [6, 6.07) is 0. The van der Waals surface area contributed by atoms with Crippen molar-refractivity contribution in [3.8, 4) is 0 Å². The first-order valence-electron chi connectivity index (χ1n) is 7.24. The molecule has 0 amide bonds. The largest absolute Gasteiger partial charge is 0.461 e. The Morgan fingerprint density at radius 2 is 1.67 bits per heavy atom. The van der Waals surface area contributed by atoms with Gasteiger partial charge in [0.1, 0.15) is 6.61 Å². The molecular formula is C16H28O2. The molecule has 0 spiro atoms. The van der Waals surface area contributed by atoms with Crippen LogP contribution in [0, 0.1) is 0 Å². The predicted octanol–water partition coefficient (Wildman–Crippen LogP) is 4.80. The predicted molar refractivity (Wildman–Crippen MR) is 77.5 cm³/mol. The van der Waals surface area contributed by atoms with Gasteiger partial charge in [-0.1, -0.05) is 63.7 Å². The third-order valence-electron chi connectivity index (χ3n) is 2.76. The zero-order chi connectivity index (χ0) is 13.5. The summed E-state index contributed by atoms with van der Waals surface area (Å²) in [6.07, 6.45) is 16.8. The zero-order valence-corrected chi connectivity index (χ0v) is 12.0. The van der Waals surface area contributed by atoms with E-state index < -0.39 is 0 Å². The number of rotatable bonds is 11. The molecule has 0 bridgehead atoms. The van der Waals surface area contributed by atoms with Gasteiger partial charge < -0.3 is 4.74 Å². The molecule has 0 unspecified atom stereocenters. The van der Waals surface area contributed by atoms with Gasteiger partial charge in [0.2, 0.25) is 0 Å². The average molecular weight is 252 g/mol. The lowest BCUT2D eigenvalue weighted by Crippen LogP contribution is -2.03. The van der Waals surface area contributed by atoms with Crippen LogP contribution < -0.4 is 0 Å². The summed E-state index contributed by atoms with van der Waals surface area (Å²) in [7, 11) is 0. The molecule has 0 aliphatic rings. The van der Waals surface area contributed by atoms with Gasteiger partial charge in [-0.3, -0.25) is 4.79 Å². The normalized spacial score (nSPS) is 11.4. The van der Waals surface area contributed by atoms with E-state index in [-0.39, 0.29) is 5.97 Å². The van der Waals surface area contributed by atoms with Crippen molar-refractivity contribution in [3.63, 3.8) is 0 Å². The highest BCUT2D eigenvalue weighted by Crippen LogP contribution is 2.08. The Morgan fingerprint density at radius 3 is 2.33 bits per heavy atom. The van der Waals surface area contributed by atoms with Gasteiger partial charge in [-0.2, -0.15) is 0 Å². The first-order valence-corrected chi connectivity index (χ1v) is 7.24. The monoisotopic (exact) mass is 252 g/mol. The standard InChI is InChI=1S/C16H28O2/c1-3-5-7-9-10-11-12-14-16(17)18-15-13-8-6-4-2/h4,6,8,13H,3,5,7,9-12,14-15H2,1-2H3/b6-4-,13-8+. The summed E-state index contributed by atoms with van der Waals surface area (Å²) >= 11 is 0. The molecule has 2 heteroatoms. The van der Waals surface area contributed by atoms with Crippen LogP contribution in [-0.2, 0) is 9.53 Å². The van der Waals surface area contributed by atoms with Gasteiger partial charge in [0.15, 0.2) is 0 Å². The molecule has 0 saturated heterocycles. The van der Waals surface area contributed by atoms with Gasteiger partial charge in [-0.25, -0.2) is 0 Å². The van der Waals surface area contributed by atoms with Crippen LogP contribution in [0.5, 0.6) is 0 Å². The molecule has 2 nitrogen and oxygen atoms in total. The Bertz CT molecular complexity index is 241. The minimum absolute atomic E-state index is 0.0753. The minimum Gasteiger partial charge on any atom is -0.461 e. The van der Waals surface area contributed by atoms with Crippen molar-refractivity contribution < 1.29 is 9.53 Å². The molecule has 0 fully saturated rings. The highest BCUT2D eigenvalue weighted by atomic mass is 16.5. The van der Waals surface area contributed by atoms with Crippen LogP contribution in [0.3, 0.4) is 0 Å². The molecular weight excluding hydrogens is 224 g/mol. The van der Waals surface area contributed by atoms with Crippen LogP contribution >= 0.6 is 0 Å². The van der Waals surface area contributed by atoms with Crippen LogP contribution in [0.15, 0.2) is 24.3 Å². The van der Waals surface area contributed by atoms with E-state index in [4.69, 9.17) is 4.74 Å². The first-order chi connectivity index (χ1) is 8.81. The fourth-order valence-electron chi connectivity index (χ4n) is 1.68. The van der Waals surface area contributed by atoms with Crippen molar-refractivity contribution >= 4 is 5.97 Å². The first kappa shape index (κ1) is 16.9. The number of hydrogen-bond donors (Lipinski definition) is 0. The number of carbonyl (C=O) groups excluding carboxylic acids is 1. The number of carbonyl (C=O) groups is 1. The molecule has 0 heterocycles. The quantitative estimate of drug-likeness (QED) is 0.300. The number of hydrogen-bond acceptors (Lipinski definition) is 2. The summed E-state index contributed by atoms with van der Waals surface area (Å²) in [6.45, 7) is 4.57.